The van der Waals surface area contributed by atoms with Crippen molar-refractivity contribution in [3.8, 4) is 0 Å². The Morgan fingerprint density at radius 1 is 1.25 bits per heavy atom. The molecule has 0 unspecified atom stereocenters. The molecular weight excluding hydrogens is 235 g/mol. The standard InChI is InChI=1S/C11H10ClFO3/c12-8-4-7(5-9(13)6-8)10(14)2-1-3-11(15)16/h4-6H,1-3H2,(H,15,16)/p-1. The maximum absolute atomic E-state index is 12.9. The number of ketones is 1. The largest absolute Gasteiger partial charge is 0.550 e. The van der Waals surface area contributed by atoms with Crippen LogP contribution in [0.3, 0.4) is 0 Å². The van der Waals surface area contributed by atoms with Crippen LogP contribution in [0.4, 0.5) is 4.39 Å². The molecule has 0 saturated heterocycles. The molecule has 1 aromatic carbocycles. The monoisotopic (exact) mass is 243 g/mol. The third-order valence-electron chi connectivity index (χ3n) is 1.97. The minimum atomic E-state index is -1.20. The molecule has 16 heavy (non-hydrogen) atoms. The smallest absolute Gasteiger partial charge is 0.163 e. The summed E-state index contributed by atoms with van der Waals surface area (Å²) in [6, 6.07) is 3.53. The fraction of sp³-hybridized carbons (Fsp3) is 0.273. The van der Waals surface area contributed by atoms with Crippen LogP contribution in [0.1, 0.15) is 29.6 Å². The quantitative estimate of drug-likeness (QED) is 0.738. The number of hydrogen-bond donors (Lipinski definition) is 0. The topological polar surface area (TPSA) is 57.2 Å². The molecule has 1 aromatic rings. The van der Waals surface area contributed by atoms with Crippen LogP contribution in [-0.4, -0.2) is 11.8 Å². The average molecular weight is 244 g/mol. The molecule has 86 valence electrons. The first-order chi connectivity index (χ1) is 7.49. The van der Waals surface area contributed by atoms with Crippen LogP contribution in [-0.2, 0) is 4.79 Å². The number of carbonyl (C=O) groups excluding carboxylic acids is 2. The summed E-state index contributed by atoms with van der Waals surface area (Å²) in [6.45, 7) is 0. The zero-order chi connectivity index (χ0) is 12.1. The summed E-state index contributed by atoms with van der Waals surface area (Å²) in [7, 11) is 0. The van der Waals surface area contributed by atoms with Gasteiger partial charge in [-0.1, -0.05) is 11.6 Å². The highest BCUT2D eigenvalue weighted by atomic mass is 35.5. The van der Waals surface area contributed by atoms with E-state index in [0.29, 0.717) is 0 Å². The molecular formula is C11H9ClFO3-. The van der Waals surface area contributed by atoms with Crippen molar-refractivity contribution in [3.05, 3.63) is 34.6 Å². The molecule has 0 atom stereocenters. The van der Waals surface area contributed by atoms with Gasteiger partial charge in [0.05, 0.1) is 0 Å². The van der Waals surface area contributed by atoms with Gasteiger partial charge in [-0.2, -0.15) is 0 Å². The van der Waals surface area contributed by atoms with E-state index in [9.17, 15) is 19.1 Å². The molecule has 1 rings (SSSR count). The van der Waals surface area contributed by atoms with Crippen LogP contribution in [0.15, 0.2) is 18.2 Å². The third-order valence-corrected chi connectivity index (χ3v) is 2.19. The SMILES string of the molecule is O=C([O-])CCCC(=O)c1cc(F)cc(Cl)c1. The normalized spacial score (nSPS) is 10.1. The molecule has 0 amide bonds. The molecule has 0 aromatic heterocycles. The Labute approximate surface area is 96.8 Å². The second-order valence-electron chi connectivity index (χ2n) is 3.31. The minimum Gasteiger partial charge on any atom is -0.550 e. The van der Waals surface area contributed by atoms with E-state index in [1.165, 1.54) is 6.07 Å². The average Bonchev–Trinajstić information content (AvgIpc) is 2.15. The Balaban J connectivity index is 2.62. The predicted molar refractivity (Wildman–Crippen MR) is 54.6 cm³/mol. The van der Waals surface area contributed by atoms with Crippen LogP contribution >= 0.6 is 11.6 Å². The van der Waals surface area contributed by atoms with E-state index in [4.69, 9.17) is 11.6 Å². The molecule has 0 spiro atoms. The van der Waals surface area contributed by atoms with Gasteiger partial charge >= 0.3 is 0 Å². The molecule has 0 radical (unpaired) electrons. The molecule has 0 aliphatic carbocycles. The molecule has 0 fully saturated rings. The fourth-order valence-electron chi connectivity index (χ4n) is 1.25. The number of Topliss-reactive ketones (excluding diaryl/α,β-unsaturated/α-hetero) is 1. The van der Waals surface area contributed by atoms with E-state index in [0.717, 1.165) is 12.1 Å². The van der Waals surface area contributed by atoms with Crippen LogP contribution in [0.2, 0.25) is 5.02 Å². The van der Waals surface area contributed by atoms with Crippen molar-refractivity contribution in [2.45, 2.75) is 19.3 Å². The zero-order valence-electron chi connectivity index (χ0n) is 8.33. The molecule has 0 aliphatic rings. The first-order valence-corrected chi connectivity index (χ1v) is 5.06. The number of aliphatic carboxylic acids is 1. The number of hydrogen-bond acceptors (Lipinski definition) is 3. The van der Waals surface area contributed by atoms with Crippen molar-refractivity contribution >= 4 is 23.4 Å². The van der Waals surface area contributed by atoms with Gasteiger partial charge in [0, 0.05) is 23.0 Å². The fourth-order valence-corrected chi connectivity index (χ4v) is 1.47. The molecule has 5 heteroatoms. The van der Waals surface area contributed by atoms with Gasteiger partial charge in [0.1, 0.15) is 5.82 Å². The molecule has 0 aliphatic heterocycles. The maximum Gasteiger partial charge on any atom is 0.163 e. The van der Waals surface area contributed by atoms with E-state index >= 15 is 0 Å². The maximum atomic E-state index is 12.9. The summed E-state index contributed by atoms with van der Waals surface area (Å²) in [5, 5.41) is 10.3. The van der Waals surface area contributed by atoms with Gasteiger partial charge in [0.2, 0.25) is 0 Å². The summed E-state index contributed by atoms with van der Waals surface area (Å²) >= 11 is 5.58. The molecule has 3 nitrogen and oxygen atoms in total. The highest BCUT2D eigenvalue weighted by Crippen LogP contribution is 2.16. The number of carboxylic acids is 1. The van der Waals surface area contributed by atoms with Gasteiger partial charge in [0.25, 0.3) is 0 Å². The van der Waals surface area contributed by atoms with Crippen molar-refractivity contribution in [1.82, 2.24) is 0 Å². The lowest BCUT2D eigenvalue weighted by molar-refractivity contribution is -0.305. The van der Waals surface area contributed by atoms with Gasteiger partial charge in [0.15, 0.2) is 5.78 Å². The number of carboxylic acid groups (broad SMARTS) is 1. The lowest BCUT2D eigenvalue weighted by Gasteiger charge is -2.03. The number of rotatable bonds is 5. The molecule has 0 bridgehead atoms. The van der Waals surface area contributed by atoms with Gasteiger partial charge in [-0.25, -0.2) is 4.39 Å². The second kappa shape index (κ2) is 5.61. The molecule has 0 N–H and O–H groups in total. The second-order valence-corrected chi connectivity index (χ2v) is 3.74. The van der Waals surface area contributed by atoms with Crippen molar-refractivity contribution < 1.29 is 19.1 Å². The first-order valence-electron chi connectivity index (χ1n) is 4.68. The number of halogens is 2. The molecule has 0 saturated carbocycles. The summed E-state index contributed by atoms with van der Waals surface area (Å²) in [4.78, 5) is 21.6. The Bertz CT molecular complexity index is 397. The summed E-state index contributed by atoms with van der Waals surface area (Å²) < 4.78 is 12.9. The minimum absolute atomic E-state index is 0.0355. The number of benzene rings is 1. The van der Waals surface area contributed by atoms with Gasteiger partial charge in [-0.3, -0.25) is 4.79 Å². The van der Waals surface area contributed by atoms with E-state index in [2.05, 4.69) is 0 Å². The predicted octanol–water partition coefficient (Wildman–Crippen LogP) is 1.58. The van der Waals surface area contributed by atoms with Gasteiger partial charge < -0.3 is 9.90 Å². The Morgan fingerprint density at radius 2 is 1.94 bits per heavy atom. The van der Waals surface area contributed by atoms with Gasteiger partial charge in [-0.15, -0.1) is 0 Å². The van der Waals surface area contributed by atoms with E-state index in [-0.39, 0.29) is 35.6 Å². The summed E-state index contributed by atoms with van der Waals surface area (Å²) in [5.74, 6) is -2.12. The highest BCUT2D eigenvalue weighted by Gasteiger charge is 2.08. The van der Waals surface area contributed by atoms with E-state index in [1.54, 1.807) is 0 Å². The van der Waals surface area contributed by atoms with Crippen LogP contribution < -0.4 is 5.11 Å². The van der Waals surface area contributed by atoms with Crippen molar-refractivity contribution in [2.24, 2.45) is 0 Å². The van der Waals surface area contributed by atoms with Crippen molar-refractivity contribution in [1.29, 1.82) is 0 Å². The van der Waals surface area contributed by atoms with E-state index in [1.807, 2.05) is 0 Å². The Morgan fingerprint density at radius 3 is 2.50 bits per heavy atom. The van der Waals surface area contributed by atoms with Crippen molar-refractivity contribution in [3.63, 3.8) is 0 Å². The highest BCUT2D eigenvalue weighted by molar-refractivity contribution is 6.31. The zero-order valence-corrected chi connectivity index (χ0v) is 9.09. The van der Waals surface area contributed by atoms with Crippen molar-refractivity contribution in [2.75, 3.05) is 0 Å². The Kier molecular flexibility index (Phi) is 4.43. The first kappa shape index (κ1) is 12.6. The van der Waals surface area contributed by atoms with Crippen LogP contribution in [0.25, 0.3) is 0 Å². The lowest BCUT2D eigenvalue weighted by atomic mass is 10.1. The van der Waals surface area contributed by atoms with Crippen LogP contribution in [0, 0.1) is 5.82 Å². The summed E-state index contributed by atoms with van der Waals surface area (Å²) in [6.07, 6.45) is 0.0256. The van der Waals surface area contributed by atoms with Crippen LogP contribution in [0.5, 0.6) is 0 Å². The Hall–Kier alpha value is -1.42. The molecule has 0 heterocycles. The lowest BCUT2D eigenvalue weighted by Crippen LogP contribution is -2.21. The van der Waals surface area contributed by atoms with Gasteiger partial charge in [-0.05, 0) is 31.0 Å². The third kappa shape index (κ3) is 3.98. The number of carbonyl (C=O) groups is 2. The summed E-state index contributed by atoms with van der Waals surface area (Å²) in [5.41, 5.74) is 0.156. The van der Waals surface area contributed by atoms with E-state index < -0.39 is 11.8 Å².